The van der Waals surface area contributed by atoms with Crippen LogP contribution in [0.15, 0.2) is 28.4 Å². The second-order valence-electron chi connectivity index (χ2n) is 10.6. The van der Waals surface area contributed by atoms with Gasteiger partial charge in [-0.15, -0.1) is 0 Å². The molecule has 0 spiro atoms. The van der Waals surface area contributed by atoms with Crippen molar-refractivity contribution in [1.29, 1.82) is 5.26 Å². The zero-order valence-electron chi connectivity index (χ0n) is 25.7. The van der Waals surface area contributed by atoms with Crippen LogP contribution >= 0.6 is 8.53 Å². The Morgan fingerprint density at radius 3 is 2.21 bits per heavy atom. The first-order valence-corrected chi connectivity index (χ1v) is 15.1. The fourth-order valence-corrected chi connectivity index (χ4v) is 6.78. The van der Waals surface area contributed by atoms with Crippen LogP contribution in [-0.4, -0.2) is 61.6 Å². The first-order chi connectivity index (χ1) is 18.6. The van der Waals surface area contributed by atoms with E-state index in [1.807, 2.05) is 6.92 Å². The highest BCUT2D eigenvalue weighted by atomic mass is 31.2. The standard InChI is InChI=1S/C29H48BN4O4P/c1-21(2)34(22(3)4)39(38-18-14-16-31)37-17-13-11-12-15-27(28-23(5)19-25(7)32-28)29-24(6)20-26(8)33(29)30(35-9)36-10/h19-22H,11-15,17-18H2,1-10H3/b28-27-. The van der Waals surface area contributed by atoms with Crippen LogP contribution in [0.4, 0.5) is 0 Å². The second kappa shape index (κ2) is 16.5. The van der Waals surface area contributed by atoms with Crippen molar-refractivity contribution in [2.24, 2.45) is 4.99 Å². The summed E-state index contributed by atoms with van der Waals surface area (Å²) in [5, 5.41) is 8.93. The molecule has 2 heterocycles. The Labute approximate surface area is 238 Å². The number of aromatic nitrogens is 1. The highest BCUT2D eigenvalue weighted by Gasteiger charge is 2.29. The average molecular weight is 559 g/mol. The van der Waals surface area contributed by atoms with Crippen molar-refractivity contribution in [3.63, 3.8) is 0 Å². The van der Waals surface area contributed by atoms with E-state index in [2.05, 4.69) is 75.8 Å². The molecule has 0 saturated heterocycles. The molecule has 216 valence electrons. The third-order valence-electron chi connectivity index (χ3n) is 6.63. The minimum absolute atomic E-state index is 0.296. The van der Waals surface area contributed by atoms with Gasteiger partial charge in [0.25, 0.3) is 8.53 Å². The van der Waals surface area contributed by atoms with Crippen LogP contribution in [0.3, 0.4) is 0 Å². The van der Waals surface area contributed by atoms with Crippen molar-refractivity contribution in [2.45, 2.75) is 99.6 Å². The molecule has 0 amide bonds. The van der Waals surface area contributed by atoms with E-state index in [1.54, 1.807) is 14.2 Å². The summed E-state index contributed by atoms with van der Waals surface area (Å²) in [5.41, 5.74) is 7.89. The minimum Gasteiger partial charge on any atom is -0.394 e. The monoisotopic (exact) mass is 558 g/mol. The van der Waals surface area contributed by atoms with E-state index in [0.717, 1.165) is 48.5 Å². The zero-order chi connectivity index (χ0) is 29.1. The molecule has 0 aliphatic carbocycles. The van der Waals surface area contributed by atoms with Gasteiger partial charge in [0, 0.05) is 49.0 Å². The molecule has 39 heavy (non-hydrogen) atoms. The van der Waals surface area contributed by atoms with Crippen molar-refractivity contribution in [3.05, 3.63) is 40.4 Å². The topological polar surface area (TPSA) is 81.2 Å². The van der Waals surface area contributed by atoms with E-state index in [4.69, 9.17) is 28.6 Å². The Hall–Kier alpha value is -1.79. The van der Waals surface area contributed by atoms with Crippen molar-refractivity contribution >= 4 is 27.1 Å². The van der Waals surface area contributed by atoms with Crippen molar-refractivity contribution in [2.75, 3.05) is 27.4 Å². The molecule has 1 aromatic heterocycles. The summed E-state index contributed by atoms with van der Waals surface area (Å²) >= 11 is 0. The second-order valence-corrected chi connectivity index (χ2v) is 12.0. The van der Waals surface area contributed by atoms with Gasteiger partial charge in [-0.05, 0) is 97.9 Å². The van der Waals surface area contributed by atoms with Crippen LogP contribution in [0.5, 0.6) is 0 Å². The maximum Gasteiger partial charge on any atom is 0.597 e. The average Bonchev–Trinajstić information content (AvgIpc) is 3.35. The molecule has 0 fully saturated rings. The number of allylic oxidation sites excluding steroid dienone is 3. The number of aryl methyl sites for hydroxylation is 2. The van der Waals surface area contributed by atoms with Gasteiger partial charge in [0.1, 0.15) is 0 Å². The van der Waals surface area contributed by atoms with Gasteiger partial charge in [-0.2, -0.15) is 5.26 Å². The van der Waals surface area contributed by atoms with Crippen molar-refractivity contribution in [1.82, 2.24) is 9.15 Å². The normalized spacial score (nSPS) is 15.7. The molecule has 0 saturated carbocycles. The molecule has 2 rings (SSSR count). The van der Waals surface area contributed by atoms with Crippen LogP contribution in [-0.2, 0) is 18.4 Å². The molecule has 0 bridgehead atoms. The number of unbranched alkanes of at least 4 members (excludes halogenated alkanes) is 2. The molecule has 0 radical (unpaired) electrons. The lowest BCUT2D eigenvalue weighted by atomic mass is 9.95. The third-order valence-corrected chi connectivity index (χ3v) is 8.74. The summed E-state index contributed by atoms with van der Waals surface area (Å²) < 4.78 is 28.0. The Morgan fingerprint density at radius 1 is 1.03 bits per heavy atom. The molecule has 8 nitrogen and oxygen atoms in total. The van der Waals surface area contributed by atoms with Gasteiger partial charge >= 0.3 is 7.25 Å². The summed E-state index contributed by atoms with van der Waals surface area (Å²) in [5.74, 6) is 0. The van der Waals surface area contributed by atoms with Crippen molar-refractivity contribution in [3.8, 4) is 6.07 Å². The largest absolute Gasteiger partial charge is 0.597 e. The predicted molar refractivity (Wildman–Crippen MR) is 162 cm³/mol. The number of rotatable bonds is 17. The van der Waals surface area contributed by atoms with E-state index in [-0.39, 0.29) is 0 Å². The summed E-state index contributed by atoms with van der Waals surface area (Å²) in [6, 6.07) is 4.93. The van der Waals surface area contributed by atoms with Crippen LogP contribution < -0.4 is 0 Å². The molecular formula is C29H48BN4O4P. The maximum absolute atomic E-state index is 8.93. The third kappa shape index (κ3) is 9.11. The highest BCUT2D eigenvalue weighted by molar-refractivity contribution is 7.44. The van der Waals surface area contributed by atoms with Crippen LogP contribution in [0.2, 0.25) is 0 Å². The van der Waals surface area contributed by atoms with Gasteiger partial charge in [0.05, 0.1) is 31.4 Å². The maximum atomic E-state index is 8.93. The molecule has 0 N–H and O–H groups in total. The fraction of sp³-hybridized carbons (Fsp3) is 0.655. The van der Waals surface area contributed by atoms with E-state index < -0.39 is 15.8 Å². The van der Waals surface area contributed by atoms with Gasteiger partial charge in [-0.25, -0.2) is 4.67 Å². The molecule has 1 aliphatic heterocycles. The Bertz CT molecular complexity index is 1060. The molecule has 1 atom stereocenters. The van der Waals surface area contributed by atoms with Crippen molar-refractivity contribution < 1.29 is 18.4 Å². The lowest BCUT2D eigenvalue weighted by molar-refractivity contribution is 0.174. The number of nitrogens with zero attached hydrogens (tertiary/aromatic N) is 4. The summed E-state index contributed by atoms with van der Waals surface area (Å²) in [7, 11) is 1.63. The smallest absolute Gasteiger partial charge is 0.394 e. The van der Waals surface area contributed by atoms with Crippen LogP contribution in [0.25, 0.3) is 5.57 Å². The minimum atomic E-state index is -1.20. The predicted octanol–water partition coefficient (Wildman–Crippen LogP) is 7.22. The van der Waals surface area contributed by atoms with Gasteiger partial charge < -0.3 is 22.8 Å². The van der Waals surface area contributed by atoms with E-state index in [9.17, 15) is 0 Å². The molecule has 1 aliphatic rings. The Kier molecular flexibility index (Phi) is 14.1. The zero-order valence-corrected chi connectivity index (χ0v) is 26.6. The van der Waals surface area contributed by atoms with E-state index in [0.29, 0.717) is 31.7 Å². The number of hydrogen-bond acceptors (Lipinski definition) is 7. The Morgan fingerprint density at radius 2 is 1.67 bits per heavy atom. The van der Waals surface area contributed by atoms with Crippen LogP contribution in [0, 0.1) is 25.2 Å². The lowest BCUT2D eigenvalue weighted by Gasteiger charge is -2.35. The molecule has 10 heteroatoms. The summed E-state index contributed by atoms with van der Waals surface area (Å²) in [6.45, 7) is 18.0. The summed E-state index contributed by atoms with van der Waals surface area (Å²) in [4.78, 5) is 4.92. The fourth-order valence-electron chi connectivity index (χ4n) is 5.15. The summed E-state index contributed by atoms with van der Waals surface area (Å²) in [6.07, 6.45) is 6.36. The molecular weight excluding hydrogens is 510 g/mol. The number of hydrogen-bond donors (Lipinski definition) is 0. The first kappa shape index (κ1) is 33.4. The van der Waals surface area contributed by atoms with Gasteiger partial charge in [0.2, 0.25) is 0 Å². The first-order valence-electron chi connectivity index (χ1n) is 14.0. The SMILES string of the molecule is COB(OC)n1c(C)cc(C)c1/C(CCCCCOP(OCCC#N)N(C(C)C)C(C)C)=C1\N=C(C)C=C1C. The molecule has 1 aromatic rings. The molecule has 0 aromatic carbocycles. The van der Waals surface area contributed by atoms with Gasteiger partial charge in [-0.1, -0.05) is 6.42 Å². The lowest BCUT2D eigenvalue weighted by Crippen LogP contribution is -2.33. The number of aliphatic imine (C=N–C) groups is 1. The number of nitriles is 1. The van der Waals surface area contributed by atoms with E-state index >= 15 is 0 Å². The quantitative estimate of drug-likeness (QED) is 0.114. The van der Waals surface area contributed by atoms with Crippen LogP contribution in [0.1, 0.15) is 90.6 Å². The highest BCUT2D eigenvalue weighted by Crippen LogP contribution is 2.46. The van der Waals surface area contributed by atoms with Gasteiger partial charge in [-0.3, -0.25) is 4.99 Å². The molecule has 1 unspecified atom stereocenters. The van der Waals surface area contributed by atoms with E-state index in [1.165, 1.54) is 16.7 Å². The van der Waals surface area contributed by atoms with Gasteiger partial charge in [0.15, 0.2) is 0 Å². The Balaban J connectivity index is 2.15.